The van der Waals surface area contributed by atoms with E-state index in [1.165, 1.54) is 42.4 Å². The summed E-state index contributed by atoms with van der Waals surface area (Å²) in [4.78, 5) is 8.19. The van der Waals surface area contributed by atoms with Crippen molar-refractivity contribution < 1.29 is 0 Å². The number of hydrogen-bond donors (Lipinski definition) is 1. The first-order chi connectivity index (χ1) is 9.72. The molecule has 20 heavy (non-hydrogen) atoms. The summed E-state index contributed by atoms with van der Waals surface area (Å²) in [6, 6.07) is 5.32. The molecule has 0 radical (unpaired) electrons. The van der Waals surface area contributed by atoms with Gasteiger partial charge in [-0.3, -0.25) is 9.80 Å². The Bertz CT molecular complexity index is 383. The average Bonchev–Trinajstić information content (AvgIpc) is 2.92. The van der Waals surface area contributed by atoms with Crippen molar-refractivity contribution in [2.75, 3.05) is 32.7 Å². The maximum atomic E-state index is 3.40. The SMILES string of the molecule is CCNCc1ccc(CN2CCN(C(C)CC)CC2)s1. The van der Waals surface area contributed by atoms with E-state index in [-0.39, 0.29) is 0 Å². The molecule has 4 heteroatoms. The van der Waals surface area contributed by atoms with Crippen LogP contribution in [0.2, 0.25) is 0 Å². The highest BCUT2D eigenvalue weighted by Crippen LogP contribution is 2.19. The summed E-state index contributed by atoms with van der Waals surface area (Å²) < 4.78 is 0. The Hall–Kier alpha value is -0.420. The average molecular weight is 295 g/mol. The zero-order chi connectivity index (χ0) is 14.4. The van der Waals surface area contributed by atoms with Crippen LogP contribution in [0.15, 0.2) is 12.1 Å². The lowest BCUT2D eigenvalue weighted by molar-refractivity contribution is 0.0970. The van der Waals surface area contributed by atoms with Gasteiger partial charge in [0.15, 0.2) is 0 Å². The van der Waals surface area contributed by atoms with Gasteiger partial charge in [-0.05, 0) is 32.0 Å². The van der Waals surface area contributed by atoms with E-state index in [1.54, 1.807) is 0 Å². The monoisotopic (exact) mass is 295 g/mol. The predicted octanol–water partition coefficient (Wildman–Crippen LogP) is 2.77. The van der Waals surface area contributed by atoms with Gasteiger partial charge in [-0.2, -0.15) is 0 Å². The molecule has 0 spiro atoms. The van der Waals surface area contributed by atoms with Crippen LogP contribution in [0.3, 0.4) is 0 Å². The summed E-state index contributed by atoms with van der Waals surface area (Å²) in [5, 5.41) is 3.40. The fraction of sp³-hybridized carbons (Fsp3) is 0.750. The van der Waals surface area contributed by atoms with Crippen LogP contribution in [0.5, 0.6) is 0 Å². The number of nitrogens with one attached hydrogen (secondary N) is 1. The molecule has 0 saturated carbocycles. The van der Waals surface area contributed by atoms with Crippen LogP contribution in [-0.2, 0) is 13.1 Å². The zero-order valence-electron chi connectivity index (χ0n) is 13.2. The van der Waals surface area contributed by atoms with Crippen molar-refractivity contribution in [2.24, 2.45) is 0 Å². The first-order valence-corrected chi connectivity index (χ1v) is 8.79. The molecule has 1 fully saturated rings. The van der Waals surface area contributed by atoms with Gasteiger partial charge in [0.05, 0.1) is 0 Å². The topological polar surface area (TPSA) is 18.5 Å². The smallest absolute Gasteiger partial charge is 0.0329 e. The molecule has 1 atom stereocenters. The summed E-state index contributed by atoms with van der Waals surface area (Å²) in [5.74, 6) is 0. The van der Waals surface area contributed by atoms with Crippen LogP contribution in [0.1, 0.15) is 36.9 Å². The fourth-order valence-electron chi connectivity index (χ4n) is 2.69. The van der Waals surface area contributed by atoms with Crippen molar-refractivity contribution >= 4 is 11.3 Å². The molecule has 1 N–H and O–H groups in total. The quantitative estimate of drug-likeness (QED) is 0.834. The van der Waals surface area contributed by atoms with Gasteiger partial charge in [-0.25, -0.2) is 0 Å². The fourth-order valence-corrected chi connectivity index (χ4v) is 3.72. The second-order valence-electron chi connectivity index (χ2n) is 5.72. The molecular weight excluding hydrogens is 266 g/mol. The normalized spacial score (nSPS) is 19.4. The highest BCUT2D eigenvalue weighted by atomic mass is 32.1. The van der Waals surface area contributed by atoms with E-state index in [0.29, 0.717) is 0 Å². The molecule has 1 unspecified atom stereocenters. The van der Waals surface area contributed by atoms with Crippen molar-refractivity contribution in [2.45, 2.75) is 46.3 Å². The Kier molecular flexibility index (Phi) is 6.49. The summed E-state index contributed by atoms with van der Waals surface area (Å²) >= 11 is 1.96. The summed E-state index contributed by atoms with van der Waals surface area (Å²) in [7, 11) is 0. The van der Waals surface area contributed by atoms with Gasteiger partial charge in [-0.15, -0.1) is 11.3 Å². The molecular formula is C16H29N3S. The van der Waals surface area contributed by atoms with E-state index < -0.39 is 0 Å². The molecule has 1 saturated heterocycles. The van der Waals surface area contributed by atoms with Gasteiger partial charge in [0.25, 0.3) is 0 Å². The van der Waals surface area contributed by atoms with Crippen molar-refractivity contribution in [1.82, 2.24) is 15.1 Å². The van der Waals surface area contributed by atoms with E-state index in [0.717, 1.165) is 25.7 Å². The molecule has 0 aliphatic carbocycles. The van der Waals surface area contributed by atoms with E-state index in [1.807, 2.05) is 11.3 Å². The molecule has 1 aliphatic rings. The molecule has 0 bridgehead atoms. The van der Waals surface area contributed by atoms with E-state index in [2.05, 4.69) is 48.0 Å². The lowest BCUT2D eigenvalue weighted by Crippen LogP contribution is -2.48. The summed E-state index contributed by atoms with van der Waals surface area (Å²) in [6.45, 7) is 14.9. The van der Waals surface area contributed by atoms with Crippen LogP contribution in [0.4, 0.5) is 0 Å². The predicted molar refractivity (Wildman–Crippen MR) is 88.3 cm³/mol. The van der Waals surface area contributed by atoms with Crippen molar-refractivity contribution in [1.29, 1.82) is 0 Å². The minimum atomic E-state index is 0.741. The molecule has 0 aromatic carbocycles. The minimum absolute atomic E-state index is 0.741. The molecule has 1 aliphatic heterocycles. The van der Waals surface area contributed by atoms with Gasteiger partial charge in [0.2, 0.25) is 0 Å². The van der Waals surface area contributed by atoms with Gasteiger partial charge in [0, 0.05) is 55.1 Å². The van der Waals surface area contributed by atoms with Crippen molar-refractivity contribution in [3.8, 4) is 0 Å². The molecule has 3 nitrogen and oxygen atoms in total. The Labute approximate surface area is 128 Å². The van der Waals surface area contributed by atoms with Crippen LogP contribution in [0, 0.1) is 0 Å². The standard InChI is InChI=1S/C16H29N3S/c1-4-14(3)19-10-8-18(9-11-19)13-16-7-6-15(20-16)12-17-5-2/h6-7,14,17H,4-5,8-13H2,1-3H3. The number of rotatable bonds is 7. The molecule has 114 valence electrons. The molecule has 2 rings (SSSR count). The second kappa shape index (κ2) is 8.13. The van der Waals surface area contributed by atoms with Crippen LogP contribution < -0.4 is 5.32 Å². The first kappa shape index (κ1) is 16.0. The Morgan fingerprint density at radius 3 is 2.50 bits per heavy atom. The molecule has 0 amide bonds. The number of hydrogen-bond acceptors (Lipinski definition) is 4. The maximum absolute atomic E-state index is 3.40. The maximum Gasteiger partial charge on any atom is 0.0329 e. The van der Waals surface area contributed by atoms with Gasteiger partial charge in [-0.1, -0.05) is 13.8 Å². The lowest BCUT2D eigenvalue weighted by Gasteiger charge is -2.37. The van der Waals surface area contributed by atoms with Gasteiger partial charge >= 0.3 is 0 Å². The largest absolute Gasteiger partial charge is 0.312 e. The Morgan fingerprint density at radius 2 is 1.85 bits per heavy atom. The lowest BCUT2D eigenvalue weighted by atomic mass is 10.2. The third-order valence-electron chi connectivity index (χ3n) is 4.27. The molecule has 1 aromatic heterocycles. The van der Waals surface area contributed by atoms with Crippen molar-refractivity contribution in [3.05, 3.63) is 21.9 Å². The van der Waals surface area contributed by atoms with Crippen LogP contribution >= 0.6 is 11.3 Å². The summed E-state index contributed by atoms with van der Waals surface area (Å²) in [5.41, 5.74) is 0. The first-order valence-electron chi connectivity index (χ1n) is 7.97. The zero-order valence-corrected chi connectivity index (χ0v) is 14.0. The number of piperazine rings is 1. The number of thiophene rings is 1. The minimum Gasteiger partial charge on any atom is -0.312 e. The third kappa shape index (κ3) is 4.55. The van der Waals surface area contributed by atoms with Crippen LogP contribution in [-0.4, -0.2) is 48.6 Å². The van der Waals surface area contributed by atoms with E-state index in [9.17, 15) is 0 Å². The Balaban J connectivity index is 1.76. The third-order valence-corrected chi connectivity index (χ3v) is 5.34. The van der Waals surface area contributed by atoms with E-state index >= 15 is 0 Å². The summed E-state index contributed by atoms with van der Waals surface area (Å²) in [6.07, 6.45) is 1.26. The second-order valence-corrected chi connectivity index (χ2v) is 6.97. The van der Waals surface area contributed by atoms with E-state index in [4.69, 9.17) is 0 Å². The number of nitrogens with zero attached hydrogens (tertiary/aromatic N) is 2. The van der Waals surface area contributed by atoms with Crippen molar-refractivity contribution in [3.63, 3.8) is 0 Å². The molecule has 2 heterocycles. The highest BCUT2D eigenvalue weighted by Gasteiger charge is 2.20. The van der Waals surface area contributed by atoms with Gasteiger partial charge in [0.1, 0.15) is 0 Å². The van der Waals surface area contributed by atoms with Crippen LogP contribution in [0.25, 0.3) is 0 Å². The highest BCUT2D eigenvalue weighted by molar-refractivity contribution is 7.11. The molecule has 1 aromatic rings. The Morgan fingerprint density at radius 1 is 1.15 bits per heavy atom. The van der Waals surface area contributed by atoms with Gasteiger partial charge < -0.3 is 5.32 Å².